The summed E-state index contributed by atoms with van der Waals surface area (Å²) < 4.78 is 0. The lowest BCUT2D eigenvalue weighted by Gasteiger charge is -2.08. The molecule has 1 fully saturated rings. The Morgan fingerprint density at radius 2 is 1.82 bits per heavy atom. The van der Waals surface area contributed by atoms with Gasteiger partial charge in [0, 0.05) is 12.6 Å². The van der Waals surface area contributed by atoms with Crippen LogP contribution in [-0.4, -0.2) is 12.6 Å². The Balaban J connectivity index is 2.09. The first-order valence-electron chi connectivity index (χ1n) is 6.54. The van der Waals surface area contributed by atoms with E-state index < -0.39 is 0 Å². The molecule has 1 aliphatic carbocycles. The van der Waals surface area contributed by atoms with Crippen LogP contribution in [0.4, 0.5) is 0 Å². The quantitative estimate of drug-likeness (QED) is 0.828. The second-order valence-electron chi connectivity index (χ2n) is 5.44. The molecule has 0 aromatic heterocycles. The smallest absolute Gasteiger partial charge is 0.0167 e. The Morgan fingerprint density at radius 1 is 1.18 bits per heavy atom. The van der Waals surface area contributed by atoms with Crippen LogP contribution in [-0.2, 0) is 0 Å². The zero-order chi connectivity index (χ0) is 12.4. The van der Waals surface area contributed by atoms with Gasteiger partial charge in [-0.15, -0.1) is 0 Å². The molecule has 1 aromatic carbocycles. The lowest BCUT2D eigenvalue weighted by atomic mass is 9.99. The zero-order valence-corrected chi connectivity index (χ0v) is 11.4. The van der Waals surface area contributed by atoms with Gasteiger partial charge < -0.3 is 5.32 Å². The summed E-state index contributed by atoms with van der Waals surface area (Å²) >= 11 is 0. The molecule has 1 heteroatoms. The number of hydrogen-bond donors (Lipinski definition) is 1. The van der Waals surface area contributed by atoms with Gasteiger partial charge in [-0.05, 0) is 62.8 Å². The summed E-state index contributed by atoms with van der Waals surface area (Å²) in [4.78, 5) is 0. The van der Waals surface area contributed by atoms with Crippen LogP contribution in [0.3, 0.4) is 0 Å². The van der Waals surface area contributed by atoms with E-state index in [9.17, 15) is 0 Å². The second-order valence-corrected chi connectivity index (χ2v) is 5.44. The molecule has 0 aliphatic heterocycles. The topological polar surface area (TPSA) is 12.0 Å². The molecule has 1 aliphatic rings. The highest BCUT2D eigenvalue weighted by Gasteiger charge is 2.19. The van der Waals surface area contributed by atoms with E-state index >= 15 is 0 Å². The van der Waals surface area contributed by atoms with Gasteiger partial charge in [-0.25, -0.2) is 0 Å². The molecule has 0 bridgehead atoms. The average molecular weight is 229 g/mol. The van der Waals surface area contributed by atoms with E-state index in [1.807, 2.05) is 0 Å². The average Bonchev–Trinajstić information content (AvgIpc) is 3.07. The summed E-state index contributed by atoms with van der Waals surface area (Å²) in [5, 5.41) is 3.55. The van der Waals surface area contributed by atoms with Gasteiger partial charge in [-0.3, -0.25) is 0 Å². The minimum atomic E-state index is 0.791. The van der Waals surface area contributed by atoms with Crippen LogP contribution in [0.15, 0.2) is 17.7 Å². The first-order chi connectivity index (χ1) is 8.06. The van der Waals surface area contributed by atoms with E-state index in [0.717, 1.165) is 12.6 Å². The predicted octanol–water partition coefficient (Wildman–Crippen LogP) is 3.77. The molecule has 2 rings (SSSR count). The van der Waals surface area contributed by atoms with Gasteiger partial charge in [0.15, 0.2) is 0 Å². The molecule has 0 unspecified atom stereocenters. The Morgan fingerprint density at radius 3 is 2.47 bits per heavy atom. The van der Waals surface area contributed by atoms with Crippen LogP contribution in [0, 0.1) is 20.8 Å². The Hall–Kier alpha value is -1.08. The van der Waals surface area contributed by atoms with Crippen molar-refractivity contribution in [3.63, 3.8) is 0 Å². The maximum atomic E-state index is 3.55. The van der Waals surface area contributed by atoms with Crippen LogP contribution in [0.25, 0.3) is 6.08 Å². The van der Waals surface area contributed by atoms with Gasteiger partial charge in [0.25, 0.3) is 0 Å². The van der Waals surface area contributed by atoms with Crippen LogP contribution in [0.1, 0.15) is 42.0 Å². The number of nitrogens with one attached hydrogen (secondary N) is 1. The third-order valence-electron chi connectivity index (χ3n) is 3.53. The molecule has 1 saturated carbocycles. The van der Waals surface area contributed by atoms with Gasteiger partial charge in [-0.1, -0.05) is 23.8 Å². The summed E-state index contributed by atoms with van der Waals surface area (Å²) in [7, 11) is 0. The molecule has 92 valence electrons. The van der Waals surface area contributed by atoms with Crippen molar-refractivity contribution in [1.29, 1.82) is 0 Å². The van der Waals surface area contributed by atoms with Crippen molar-refractivity contribution in [2.24, 2.45) is 0 Å². The van der Waals surface area contributed by atoms with Crippen molar-refractivity contribution in [3.8, 4) is 0 Å². The van der Waals surface area contributed by atoms with E-state index in [1.165, 1.54) is 40.7 Å². The fourth-order valence-electron chi connectivity index (χ4n) is 2.05. The maximum absolute atomic E-state index is 3.55. The fourth-order valence-corrected chi connectivity index (χ4v) is 2.05. The molecule has 1 nitrogen and oxygen atoms in total. The fraction of sp³-hybridized carbons (Fsp3) is 0.500. The van der Waals surface area contributed by atoms with Crippen molar-refractivity contribution in [2.45, 2.75) is 46.6 Å². The van der Waals surface area contributed by atoms with Gasteiger partial charge in [0.2, 0.25) is 0 Å². The second kappa shape index (κ2) is 5.05. The zero-order valence-electron chi connectivity index (χ0n) is 11.4. The van der Waals surface area contributed by atoms with E-state index in [4.69, 9.17) is 0 Å². The molecule has 0 heterocycles. The SMILES string of the molecule is CC(=Cc1cc(C)c(C)cc1C)CNC1CC1. The monoisotopic (exact) mass is 229 g/mol. The molecule has 1 N–H and O–H groups in total. The molecular formula is C16H23N. The van der Waals surface area contributed by atoms with E-state index in [-0.39, 0.29) is 0 Å². The maximum Gasteiger partial charge on any atom is 0.0167 e. The normalized spacial score (nSPS) is 16.4. The third-order valence-corrected chi connectivity index (χ3v) is 3.53. The molecule has 0 amide bonds. The Bertz CT molecular complexity index is 439. The minimum absolute atomic E-state index is 0.791. The summed E-state index contributed by atoms with van der Waals surface area (Å²) in [5.74, 6) is 0. The molecule has 1 aromatic rings. The predicted molar refractivity (Wildman–Crippen MR) is 75.3 cm³/mol. The molecule has 0 atom stereocenters. The van der Waals surface area contributed by atoms with Crippen molar-refractivity contribution >= 4 is 6.08 Å². The van der Waals surface area contributed by atoms with Gasteiger partial charge >= 0.3 is 0 Å². The van der Waals surface area contributed by atoms with Crippen molar-refractivity contribution in [2.75, 3.05) is 6.54 Å². The first-order valence-corrected chi connectivity index (χ1v) is 6.54. The van der Waals surface area contributed by atoms with Crippen LogP contribution in [0.5, 0.6) is 0 Å². The summed E-state index contributed by atoms with van der Waals surface area (Å²) in [6, 6.07) is 5.37. The van der Waals surface area contributed by atoms with E-state index in [1.54, 1.807) is 0 Å². The van der Waals surface area contributed by atoms with Crippen molar-refractivity contribution in [3.05, 3.63) is 40.0 Å². The van der Waals surface area contributed by atoms with Crippen molar-refractivity contribution in [1.82, 2.24) is 5.32 Å². The lowest BCUT2D eigenvalue weighted by molar-refractivity contribution is 0.736. The largest absolute Gasteiger partial charge is 0.310 e. The molecule has 17 heavy (non-hydrogen) atoms. The highest BCUT2D eigenvalue weighted by Crippen LogP contribution is 2.20. The van der Waals surface area contributed by atoms with Crippen LogP contribution < -0.4 is 5.32 Å². The van der Waals surface area contributed by atoms with Crippen molar-refractivity contribution < 1.29 is 0 Å². The lowest BCUT2D eigenvalue weighted by Crippen LogP contribution is -2.18. The number of benzene rings is 1. The molecular weight excluding hydrogens is 206 g/mol. The highest BCUT2D eigenvalue weighted by molar-refractivity contribution is 5.58. The molecule has 0 radical (unpaired) electrons. The number of rotatable bonds is 4. The standard InChI is InChI=1S/C16H23N/c1-11(10-17-16-5-6-16)7-15-9-13(3)12(2)8-14(15)4/h7-9,16-17H,5-6,10H2,1-4H3. The molecule has 0 spiro atoms. The van der Waals surface area contributed by atoms with E-state index in [0.29, 0.717) is 0 Å². The van der Waals surface area contributed by atoms with Crippen LogP contribution in [0.2, 0.25) is 0 Å². The third kappa shape index (κ3) is 3.44. The summed E-state index contributed by atoms with van der Waals surface area (Å²) in [5.41, 5.74) is 6.92. The molecule has 0 saturated heterocycles. The van der Waals surface area contributed by atoms with Gasteiger partial charge in [0.05, 0.1) is 0 Å². The Labute approximate surface area is 105 Å². The summed E-state index contributed by atoms with van der Waals surface area (Å²) in [6.45, 7) is 9.79. The summed E-state index contributed by atoms with van der Waals surface area (Å²) in [6.07, 6.45) is 5.03. The first kappa shape index (κ1) is 12.4. The van der Waals surface area contributed by atoms with Gasteiger partial charge in [-0.2, -0.15) is 0 Å². The van der Waals surface area contributed by atoms with Crippen LogP contribution >= 0.6 is 0 Å². The Kier molecular flexibility index (Phi) is 3.68. The van der Waals surface area contributed by atoms with Gasteiger partial charge in [0.1, 0.15) is 0 Å². The number of aryl methyl sites for hydroxylation is 3. The highest BCUT2D eigenvalue weighted by atomic mass is 14.9. The van der Waals surface area contributed by atoms with E-state index in [2.05, 4.69) is 51.2 Å². The number of hydrogen-bond acceptors (Lipinski definition) is 1. The minimum Gasteiger partial charge on any atom is -0.310 e.